The van der Waals surface area contributed by atoms with Gasteiger partial charge < -0.3 is 21.3 Å². The van der Waals surface area contributed by atoms with Gasteiger partial charge in [0.25, 0.3) is 11.8 Å². The molecule has 0 atom stereocenters. The third-order valence-corrected chi connectivity index (χ3v) is 7.91. The van der Waals surface area contributed by atoms with Crippen molar-refractivity contribution in [3.8, 4) is 0 Å². The molecule has 5 N–H and O–H groups in total. The van der Waals surface area contributed by atoms with Crippen LogP contribution >= 0.6 is 0 Å². The summed E-state index contributed by atoms with van der Waals surface area (Å²) in [5.74, 6) is -1.01. The van der Waals surface area contributed by atoms with E-state index in [2.05, 4.69) is 26.0 Å². The lowest BCUT2D eigenvalue weighted by Gasteiger charge is -2.12. The Kier molecular flexibility index (Phi) is 7.93. The van der Waals surface area contributed by atoms with Crippen molar-refractivity contribution in [3.05, 3.63) is 114 Å². The second-order valence-electron chi connectivity index (χ2n) is 9.39. The fraction of sp³-hybridized carbons (Fsp3) is 0.0667. The van der Waals surface area contributed by atoms with Crippen LogP contribution in [0.4, 0.5) is 41.6 Å². The summed E-state index contributed by atoms with van der Waals surface area (Å²) in [7, 11) is -2.24. The minimum absolute atomic E-state index is 0.112. The maximum Gasteiger partial charge on any atom is 0.416 e. The molecule has 0 bridgehead atoms. The highest BCUT2D eigenvalue weighted by Gasteiger charge is 2.31. The molecule has 4 aromatic carbocycles. The lowest BCUT2D eigenvalue weighted by Crippen LogP contribution is -2.18. The van der Waals surface area contributed by atoms with Gasteiger partial charge in [-0.25, -0.2) is 13.1 Å². The Hall–Kier alpha value is -5.14. The molecule has 0 fully saturated rings. The highest BCUT2D eigenvalue weighted by Crippen LogP contribution is 2.35. The third-order valence-electron chi connectivity index (χ3n) is 6.48. The van der Waals surface area contributed by atoms with E-state index >= 15 is 0 Å². The van der Waals surface area contributed by atoms with Crippen LogP contribution in [-0.2, 0) is 21.0 Å². The van der Waals surface area contributed by atoms with E-state index in [-0.39, 0.29) is 16.4 Å². The first kappa shape index (κ1) is 29.4. The minimum Gasteiger partial charge on any atom is -0.361 e. The molecule has 1 aliphatic heterocycles. The van der Waals surface area contributed by atoms with Crippen LogP contribution in [-0.4, -0.2) is 27.3 Å². The first-order chi connectivity index (χ1) is 20.4. The van der Waals surface area contributed by atoms with Gasteiger partial charge in [-0.3, -0.25) is 9.59 Å². The summed E-state index contributed by atoms with van der Waals surface area (Å²) in [6.45, 7) is 0. The average molecular weight is 608 g/mol. The van der Waals surface area contributed by atoms with Crippen molar-refractivity contribution in [2.75, 3.05) is 28.3 Å². The Bertz CT molecular complexity index is 1860. The Morgan fingerprint density at radius 3 is 2.23 bits per heavy atom. The van der Waals surface area contributed by atoms with Crippen LogP contribution in [0.25, 0.3) is 5.57 Å². The molecule has 43 heavy (non-hydrogen) atoms. The van der Waals surface area contributed by atoms with E-state index in [4.69, 9.17) is 0 Å². The molecule has 5 rings (SSSR count). The predicted molar refractivity (Wildman–Crippen MR) is 158 cm³/mol. The molecule has 9 nitrogen and oxygen atoms in total. The van der Waals surface area contributed by atoms with Gasteiger partial charge in [0.15, 0.2) is 0 Å². The zero-order valence-corrected chi connectivity index (χ0v) is 23.2. The SMILES string of the molecule is CNS(=O)(=O)c1ccc(NC=C2C(=O)Nc3cc(Nc4cccc(NC(=O)c5cccc(C(F)(F)F)c5)c4)ccc32)cc1. The van der Waals surface area contributed by atoms with Crippen molar-refractivity contribution in [2.24, 2.45) is 0 Å². The van der Waals surface area contributed by atoms with Crippen molar-refractivity contribution in [3.63, 3.8) is 0 Å². The standard InChI is InChI=1S/C30H24F3N5O4S/c1-34-43(41,42)24-11-8-20(9-12-24)35-17-26-25-13-10-23(16-27(25)38-29(26)40)36-21-6-3-7-22(15-21)37-28(39)18-4-2-5-19(14-18)30(31,32)33/h2-17,34-36H,1H3,(H,37,39)(H,38,40). The molecule has 0 aliphatic carbocycles. The summed E-state index contributed by atoms with van der Waals surface area (Å²) in [6.07, 6.45) is -3.03. The molecule has 0 unspecified atom stereocenters. The summed E-state index contributed by atoms with van der Waals surface area (Å²) in [4.78, 5) is 25.4. The Morgan fingerprint density at radius 1 is 0.837 bits per heavy atom. The van der Waals surface area contributed by atoms with Crippen molar-refractivity contribution in [2.45, 2.75) is 11.1 Å². The van der Waals surface area contributed by atoms with Gasteiger partial charge in [-0.1, -0.05) is 12.1 Å². The number of fused-ring (bicyclic) bond motifs is 1. The topological polar surface area (TPSA) is 128 Å². The number of amides is 2. The average Bonchev–Trinajstić information content (AvgIpc) is 3.30. The van der Waals surface area contributed by atoms with E-state index in [0.717, 1.165) is 12.1 Å². The molecule has 220 valence electrons. The van der Waals surface area contributed by atoms with Crippen LogP contribution in [0, 0.1) is 0 Å². The Labute approximate surface area is 244 Å². The number of halogens is 3. The molecule has 0 spiro atoms. The summed E-state index contributed by atoms with van der Waals surface area (Å²) < 4.78 is 65.1. The van der Waals surface area contributed by atoms with Gasteiger partial charge >= 0.3 is 6.18 Å². The van der Waals surface area contributed by atoms with Gasteiger partial charge in [0.2, 0.25) is 10.0 Å². The molecule has 2 amide bonds. The lowest BCUT2D eigenvalue weighted by molar-refractivity contribution is -0.137. The molecule has 1 heterocycles. The Balaban J connectivity index is 1.27. The largest absolute Gasteiger partial charge is 0.416 e. The van der Waals surface area contributed by atoms with Crippen LogP contribution in [0.3, 0.4) is 0 Å². The Morgan fingerprint density at radius 2 is 1.51 bits per heavy atom. The summed E-state index contributed by atoms with van der Waals surface area (Å²) in [5.41, 5.74) is 2.74. The van der Waals surface area contributed by atoms with Gasteiger partial charge in [-0.05, 0) is 85.9 Å². The number of hydrogen-bond acceptors (Lipinski definition) is 6. The van der Waals surface area contributed by atoms with Crippen molar-refractivity contribution in [1.29, 1.82) is 0 Å². The van der Waals surface area contributed by atoms with E-state index in [1.54, 1.807) is 54.6 Å². The quantitative estimate of drug-likeness (QED) is 0.156. The predicted octanol–water partition coefficient (Wildman–Crippen LogP) is 6.01. The van der Waals surface area contributed by atoms with Crippen LogP contribution in [0.2, 0.25) is 0 Å². The normalized spacial score (nSPS) is 13.8. The number of carbonyl (C=O) groups is 2. The van der Waals surface area contributed by atoms with E-state index in [1.807, 2.05) is 0 Å². The lowest BCUT2D eigenvalue weighted by atomic mass is 10.1. The van der Waals surface area contributed by atoms with Crippen LogP contribution in [0.5, 0.6) is 0 Å². The molecular weight excluding hydrogens is 583 g/mol. The highest BCUT2D eigenvalue weighted by atomic mass is 32.2. The number of carbonyl (C=O) groups excluding carboxylic acids is 2. The first-order valence-electron chi connectivity index (χ1n) is 12.7. The van der Waals surface area contributed by atoms with Gasteiger partial charge in [0, 0.05) is 40.1 Å². The number of rotatable bonds is 8. The maximum absolute atomic E-state index is 13.0. The minimum atomic E-state index is -4.56. The summed E-state index contributed by atoms with van der Waals surface area (Å²) in [5, 5.41) is 11.6. The molecule has 0 saturated carbocycles. The maximum atomic E-state index is 13.0. The second-order valence-corrected chi connectivity index (χ2v) is 11.3. The van der Waals surface area contributed by atoms with Gasteiger partial charge in [-0.2, -0.15) is 13.2 Å². The molecule has 13 heteroatoms. The molecular formula is C30H24F3N5O4S. The zero-order valence-electron chi connectivity index (χ0n) is 22.4. The van der Waals surface area contributed by atoms with Crippen LogP contribution < -0.4 is 26.0 Å². The van der Waals surface area contributed by atoms with Gasteiger partial charge in [0.1, 0.15) is 0 Å². The molecule has 0 aromatic heterocycles. The monoisotopic (exact) mass is 607 g/mol. The zero-order chi connectivity index (χ0) is 30.8. The smallest absolute Gasteiger partial charge is 0.361 e. The third kappa shape index (κ3) is 6.68. The van der Waals surface area contributed by atoms with Gasteiger partial charge in [-0.15, -0.1) is 0 Å². The molecule has 4 aromatic rings. The van der Waals surface area contributed by atoms with E-state index < -0.39 is 27.7 Å². The second kappa shape index (κ2) is 11.6. The van der Waals surface area contributed by atoms with E-state index in [0.29, 0.717) is 39.6 Å². The fourth-order valence-electron chi connectivity index (χ4n) is 4.30. The number of hydrogen-bond donors (Lipinski definition) is 5. The van der Waals surface area contributed by atoms with E-state index in [1.165, 1.54) is 37.5 Å². The number of alkyl halides is 3. The fourth-order valence-corrected chi connectivity index (χ4v) is 5.03. The van der Waals surface area contributed by atoms with Crippen LogP contribution in [0.15, 0.2) is 102 Å². The summed E-state index contributed by atoms with van der Waals surface area (Å²) in [6, 6.07) is 22.1. The number of benzene rings is 4. The molecule has 0 radical (unpaired) electrons. The number of sulfonamides is 1. The van der Waals surface area contributed by atoms with E-state index in [9.17, 15) is 31.2 Å². The first-order valence-corrected chi connectivity index (χ1v) is 14.2. The summed E-state index contributed by atoms with van der Waals surface area (Å²) >= 11 is 0. The number of anilines is 5. The van der Waals surface area contributed by atoms with Crippen molar-refractivity contribution in [1.82, 2.24) is 4.72 Å². The van der Waals surface area contributed by atoms with Gasteiger partial charge in [0.05, 0.1) is 21.7 Å². The van der Waals surface area contributed by atoms with Crippen LogP contribution in [0.1, 0.15) is 21.5 Å². The van der Waals surface area contributed by atoms with Crippen molar-refractivity contribution >= 4 is 55.8 Å². The molecule has 1 aliphatic rings. The van der Waals surface area contributed by atoms with Crippen molar-refractivity contribution < 1.29 is 31.2 Å². The number of nitrogens with one attached hydrogen (secondary N) is 5. The molecule has 0 saturated heterocycles. The highest BCUT2D eigenvalue weighted by molar-refractivity contribution is 7.89.